The molecule has 106 valence electrons. The van der Waals surface area contributed by atoms with E-state index in [0.717, 1.165) is 4.47 Å². The van der Waals surface area contributed by atoms with Crippen LogP contribution in [0.2, 0.25) is 0 Å². The summed E-state index contributed by atoms with van der Waals surface area (Å²) in [6, 6.07) is 5.12. The largest absolute Gasteiger partial charge is 0.496 e. The van der Waals surface area contributed by atoms with E-state index >= 15 is 0 Å². The number of carbonyl (C=O) groups excluding carboxylic acids is 1. The number of allylic oxidation sites excluding steroid dienone is 2. The summed E-state index contributed by atoms with van der Waals surface area (Å²) >= 11 is 9.17. The van der Waals surface area contributed by atoms with Crippen molar-refractivity contribution in [3.63, 3.8) is 0 Å². The molecule has 5 heteroatoms. The number of amides is 1. The van der Waals surface area contributed by atoms with Crippen molar-refractivity contribution < 1.29 is 9.53 Å². The van der Waals surface area contributed by atoms with Gasteiger partial charge in [0.1, 0.15) is 5.75 Å². The molecule has 0 unspecified atom stereocenters. The molecule has 0 bridgehead atoms. The second kappa shape index (κ2) is 7.92. The summed E-state index contributed by atoms with van der Waals surface area (Å²) in [5.41, 5.74) is 1.21. The predicted molar refractivity (Wildman–Crippen MR) is 86.3 cm³/mol. The molecule has 0 saturated carbocycles. The number of halogens is 2. The topological polar surface area (TPSA) is 38.3 Å². The Morgan fingerprint density at radius 1 is 1.55 bits per heavy atom. The summed E-state index contributed by atoms with van der Waals surface area (Å²) in [6.45, 7) is 7.51. The van der Waals surface area contributed by atoms with Gasteiger partial charge in [-0.2, -0.15) is 0 Å². The first-order valence-corrected chi connectivity index (χ1v) is 6.94. The molecule has 0 aromatic heterocycles. The summed E-state index contributed by atoms with van der Waals surface area (Å²) in [4.78, 5) is 12.0. The van der Waals surface area contributed by atoms with Crippen LogP contribution in [-0.2, 0) is 0 Å². The second-order valence-electron chi connectivity index (χ2n) is 3.86. The lowest BCUT2D eigenvalue weighted by Gasteiger charge is -2.09. The fourth-order valence-corrected chi connectivity index (χ4v) is 2.00. The molecular weight excluding hydrogens is 342 g/mol. The smallest absolute Gasteiger partial charge is 0.251 e. The van der Waals surface area contributed by atoms with Crippen LogP contribution in [0.4, 0.5) is 0 Å². The Morgan fingerprint density at radius 3 is 2.80 bits per heavy atom. The molecule has 20 heavy (non-hydrogen) atoms. The summed E-state index contributed by atoms with van der Waals surface area (Å²) in [6.07, 6.45) is 3.30. The van der Waals surface area contributed by atoms with Crippen LogP contribution in [0, 0.1) is 0 Å². The zero-order valence-corrected chi connectivity index (χ0v) is 13.4. The Labute approximate surface area is 132 Å². The van der Waals surface area contributed by atoms with Gasteiger partial charge in [-0.05, 0) is 39.7 Å². The van der Waals surface area contributed by atoms with Crippen molar-refractivity contribution in [3.8, 4) is 5.75 Å². The van der Waals surface area contributed by atoms with E-state index in [1.165, 1.54) is 0 Å². The number of carbonyl (C=O) groups is 1. The van der Waals surface area contributed by atoms with Gasteiger partial charge in [0.2, 0.25) is 0 Å². The van der Waals surface area contributed by atoms with Crippen LogP contribution in [0.15, 0.2) is 58.6 Å². The molecule has 0 spiro atoms. The van der Waals surface area contributed by atoms with Gasteiger partial charge in [0, 0.05) is 17.1 Å². The van der Waals surface area contributed by atoms with Crippen LogP contribution < -0.4 is 10.1 Å². The Bertz CT molecular complexity index is 567. The van der Waals surface area contributed by atoms with Gasteiger partial charge in [-0.15, -0.1) is 0 Å². The molecule has 3 nitrogen and oxygen atoms in total. The van der Waals surface area contributed by atoms with Crippen LogP contribution in [0.25, 0.3) is 0 Å². The standard InChI is InChI=1S/C15H15BrClNO2/c1-4-5-12(10(2)17)9-18-15(19)11-6-7-13(16)14(8-11)20-3/h4-8H,1-2,9H2,3H3,(H,18,19)/b12-5-. The maximum atomic E-state index is 12.0. The van der Waals surface area contributed by atoms with Gasteiger partial charge in [0.05, 0.1) is 11.6 Å². The van der Waals surface area contributed by atoms with E-state index in [9.17, 15) is 4.79 Å². The van der Waals surface area contributed by atoms with Crippen molar-refractivity contribution in [1.82, 2.24) is 5.32 Å². The van der Waals surface area contributed by atoms with Crippen molar-refractivity contribution in [2.75, 3.05) is 13.7 Å². The molecule has 1 aromatic rings. The molecule has 0 fully saturated rings. The number of benzene rings is 1. The first-order chi connectivity index (χ1) is 9.49. The molecule has 1 aromatic carbocycles. The van der Waals surface area contributed by atoms with E-state index < -0.39 is 0 Å². The van der Waals surface area contributed by atoms with Gasteiger partial charge in [-0.25, -0.2) is 0 Å². The fraction of sp³-hybridized carbons (Fsp3) is 0.133. The number of hydrogen-bond acceptors (Lipinski definition) is 2. The molecule has 0 aliphatic heterocycles. The second-order valence-corrected chi connectivity index (χ2v) is 5.18. The first kappa shape index (κ1) is 16.5. The highest BCUT2D eigenvalue weighted by Crippen LogP contribution is 2.25. The highest BCUT2D eigenvalue weighted by molar-refractivity contribution is 9.10. The van der Waals surface area contributed by atoms with Gasteiger partial charge in [-0.1, -0.05) is 36.9 Å². The maximum absolute atomic E-state index is 12.0. The number of rotatable bonds is 6. The third-order valence-electron chi connectivity index (χ3n) is 2.52. The molecule has 0 heterocycles. The van der Waals surface area contributed by atoms with E-state index in [0.29, 0.717) is 21.9 Å². The Balaban J connectivity index is 2.79. The molecule has 0 aliphatic rings. The van der Waals surface area contributed by atoms with Crippen LogP contribution in [0.1, 0.15) is 10.4 Å². The average molecular weight is 357 g/mol. The molecular formula is C15H15BrClNO2. The van der Waals surface area contributed by atoms with E-state index in [-0.39, 0.29) is 12.5 Å². The van der Waals surface area contributed by atoms with E-state index in [2.05, 4.69) is 34.4 Å². The minimum absolute atomic E-state index is 0.219. The van der Waals surface area contributed by atoms with Gasteiger partial charge in [0.15, 0.2) is 0 Å². The SMILES string of the molecule is C=C/C=C(/CNC(=O)c1ccc(Br)c(OC)c1)C(=C)Cl. The summed E-state index contributed by atoms with van der Waals surface area (Å²) in [5.74, 6) is 0.380. The molecule has 0 aliphatic carbocycles. The third kappa shape index (κ3) is 4.54. The number of ether oxygens (including phenoxy) is 1. The molecule has 0 radical (unpaired) electrons. The summed E-state index contributed by atoms with van der Waals surface area (Å²) < 4.78 is 5.94. The maximum Gasteiger partial charge on any atom is 0.251 e. The zero-order chi connectivity index (χ0) is 15.1. The van der Waals surface area contributed by atoms with Gasteiger partial charge in [-0.3, -0.25) is 4.79 Å². The predicted octanol–water partition coefficient (Wildman–Crippen LogP) is 4.05. The van der Waals surface area contributed by atoms with E-state index in [1.807, 2.05) is 0 Å². The Kier molecular flexibility index (Phi) is 6.55. The summed E-state index contributed by atoms with van der Waals surface area (Å²) in [7, 11) is 1.55. The average Bonchev–Trinajstić information content (AvgIpc) is 2.43. The molecule has 1 amide bonds. The van der Waals surface area contributed by atoms with Crippen molar-refractivity contribution in [1.29, 1.82) is 0 Å². The number of hydrogen-bond donors (Lipinski definition) is 1. The van der Waals surface area contributed by atoms with E-state index in [4.69, 9.17) is 16.3 Å². The third-order valence-corrected chi connectivity index (χ3v) is 3.42. The molecule has 0 atom stereocenters. The Hall–Kier alpha value is -1.52. The lowest BCUT2D eigenvalue weighted by molar-refractivity contribution is 0.0957. The van der Waals surface area contributed by atoms with Crippen molar-refractivity contribution in [2.45, 2.75) is 0 Å². The minimum Gasteiger partial charge on any atom is -0.496 e. The zero-order valence-electron chi connectivity index (χ0n) is 11.1. The van der Waals surface area contributed by atoms with Gasteiger partial charge < -0.3 is 10.1 Å². The summed E-state index contributed by atoms with van der Waals surface area (Å²) in [5, 5.41) is 3.14. The number of methoxy groups -OCH3 is 1. The van der Waals surface area contributed by atoms with E-state index in [1.54, 1.807) is 37.5 Å². The highest BCUT2D eigenvalue weighted by Gasteiger charge is 2.10. The highest BCUT2D eigenvalue weighted by atomic mass is 79.9. The molecule has 1 N–H and O–H groups in total. The molecule has 1 rings (SSSR count). The van der Waals surface area contributed by atoms with Crippen LogP contribution in [0.3, 0.4) is 0 Å². The lowest BCUT2D eigenvalue weighted by Crippen LogP contribution is -2.25. The lowest BCUT2D eigenvalue weighted by atomic mass is 10.2. The monoisotopic (exact) mass is 355 g/mol. The fourth-order valence-electron chi connectivity index (χ4n) is 1.47. The molecule has 0 saturated heterocycles. The van der Waals surface area contributed by atoms with Gasteiger partial charge >= 0.3 is 0 Å². The first-order valence-electron chi connectivity index (χ1n) is 5.77. The van der Waals surface area contributed by atoms with Gasteiger partial charge in [0.25, 0.3) is 5.91 Å². The quantitative estimate of drug-likeness (QED) is 0.781. The normalized spacial score (nSPS) is 10.8. The number of nitrogens with one attached hydrogen (secondary N) is 1. The van der Waals surface area contributed by atoms with Crippen molar-refractivity contribution in [3.05, 3.63) is 64.2 Å². The minimum atomic E-state index is -0.219. The van der Waals surface area contributed by atoms with Crippen molar-refractivity contribution >= 4 is 33.4 Å². The van der Waals surface area contributed by atoms with Crippen molar-refractivity contribution in [2.24, 2.45) is 0 Å². The Morgan fingerprint density at radius 2 is 2.25 bits per heavy atom. The van der Waals surface area contributed by atoms with Crippen LogP contribution in [-0.4, -0.2) is 19.6 Å². The van der Waals surface area contributed by atoms with Crippen LogP contribution in [0.5, 0.6) is 5.75 Å². The van der Waals surface area contributed by atoms with Crippen LogP contribution >= 0.6 is 27.5 Å².